The molecule has 0 radical (unpaired) electrons. The van der Waals surface area contributed by atoms with Crippen LogP contribution in [-0.4, -0.2) is 40.6 Å². The predicted octanol–water partition coefficient (Wildman–Crippen LogP) is 2.71. The number of amides is 1. The van der Waals surface area contributed by atoms with Gasteiger partial charge in [-0.3, -0.25) is 9.48 Å². The Labute approximate surface area is 168 Å². The van der Waals surface area contributed by atoms with E-state index in [4.69, 9.17) is 14.0 Å². The second-order valence-corrected chi connectivity index (χ2v) is 7.82. The van der Waals surface area contributed by atoms with Gasteiger partial charge in [-0.25, -0.2) is 0 Å². The van der Waals surface area contributed by atoms with Crippen LogP contribution in [-0.2, 0) is 12.0 Å². The number of ether oxygens (including phenoxy) is 2. The van der Waals surface area contributed by atoms with Gasteiger partial charge >= 0.3 is 0 Å². The van der Waals surface area contributed by atoms with Crippen LogP contribution in [0.5, 0.6) is 11.5 Å². The lowest BCUT2D eigenvalue weighted by Gasteiger charge is -2.27. The summed E-state index contributed by atoms with van der Waals surface area (Å²) in [4.78, 5) is 12.5. The Morgan fingerprint density at radius 2 is 2.00 bits per heavy atom. The summed E-state index contributed by atoms with van der Waals surface area (Å²) in [6.45, 7) is 8.06. The minimum absolute atomic E-state index is 0.252. The zero-order chi connectivity index (χ0) is 20.4. The van der Waals surface area contributed by atoms with Crippen LogP contribution in [0.25, 0.3) is 0 Å². The van der Waals surface area contributed by atoms with Crippen molar-refractivity contribution in [3.63, 3.8) is 0 Å². The highest BCUT2D eigenvalue weighted by Crippen LogP contribution is 2.34. The second kappa shape index (κ2) is 7.62. The fourth-order valence-electron chi connectivity index (χ4n) is 3.17. The first-order chi connectivity index (χ1) is 13.9. The van der Waals surface area contributed by atoms with Gasteiger partial charge in [-0.2, -0.15) is 5.10 Å². The normalized spacial score (nSPS) is 13.3. The van der Waals surface area contributed by atoms with Crippen LogP contribution in [0.15, 0.2) is 41.2 Å². The molecule has 0 aliphatic carbocycles. The monoisotopic (exact) mass is 396 g/mol. The topological polar surface area (TPSA) is 91.4 Å². The Morgan fingerprint density at radius 3 is 2.76 bits per heavy atom. The summed E-state index contributed by atoms with van der Waals surface area (Å²) >= 11 is 0. The summed E-state index contributed by atoms with van der Waals surface area (Å²) in [7, 11) is 0. The average Bonchev–Trinajstić information content (AvgIpc) is 3.35. The van der Waals surface area contributed by atoms with E-state index in [2.05, 4.69) is 29.4 Å². The van der Waals surface area contributed by atoms with Gasteiger partial charge in [0.15, 0.2) is 23.0 Å². The van der Waals surface area contributed by atoms with Gasteiger partial charge in [0.25, 0.3) is 5.91 Å². The molecule has 0 fully saturated rings. The van der Waals surface area contributed by atoms with E-state index in [9.17, 15) is 4.79 Å². The zero-order valence-corrected chi connectivity index (χ0v) is 16.8. The Hall–Kier alpha value is -3.29. The van der Waals surface area contributed by atoms with E-state index in [-0.39, 0.29) is 17.0 Å². The van der Waals surface area contributed by atoms with Crippen LogP contribution in [0.1, 0.15) is 41.2 Å². The number of aryl methyl sites for hydroxylation is 1. The Bertz CT molecular complexity index is 1020. The van der Waals surface area contributed by atoms with Gasteiger partial charge in [-0.05, 0) is 30.2 Å². The van der Waals surface area contributed by atoms with Gasteiger partial charge in [-0.15, -0.1) is 0 Å². The molecule has 0 unspecified atom stereocenters. The summed E-state index contributed by atoms with van der Waals surface area (Å²) in [5, 5.41) is 11.0. The number of nitrogens with zero attached hydrogens (tertiary/aromatic N) is 3. The SMILES string of the molecule is Cc1cnn(Cc2cc(C(=O)NCC(C)(C)c3ccc4c(c3)OCCO4)no2)c1. The third-order valence-corrected chi connectivity index (χ3v) is 4.89. The van der Waals surface area contributed by atoms with Gasteiger partial charge in [0.2, 0.25) is 0 Å². The summed E-state index contributed by atoms with van der Waals surface area (Å²) in [6.07, 6.45) is 3.67. The summed E-state index contributed by atoms with van der Waals surface area (Å²) in [5.74, 6) is 1.79. The van der Waals surface area contributed by atoms with Crippen molar-refractivity contribution in [3.8, 4) is 11.5 Å². The van der Waals surface area contributed by atoms with Crippen molar-refractivity contribution >= 4 is 5.91 Å². The fraction of sp³-hybridized carbons (Fsp3) is 0.381. The summed E-state index contributed by atoms with van der Waals surface area (Å²) in [6, 6.07) is 7.53. The minimum Gasteiger partial charge on any atom is -0.486 e. The molecular weight excluding hydrogens is 372 g/mol. The number of nitrogens with one attached hydrogen (secondary N) is 1. The highest BCUT2D eigenvalue weighted by Gasteiger charge is 2.25. The van der Waals surface area contributed by atoms with Gasteiger partial charge in [-0.1, -0.05) is 25.1 Å². The minimum atomic E-state index is -0.301. The second-order valence-electron chi connectivity index (χ2n) is 7.82. The quantitative estimate of drug-likeness (QED) is 0.689. The summed E-state index contributed by atoms with van der Waals surface area (Å²) < 4.78 is 18.3. The lowest BCUT2D eigenvalue weighted by molar-refractivity contribution is 0.0936. The number of benzene rings is 1. The molecule has 1 amide bonds. The first-order valence-electron chi connectivity index (χ1n) is 9.54. The number of aromatic nitrogens is 3. The number of rotatable bonds is 6. The maximum atomic E-state index is 12.5. The van der Waals surface area contributed by atoms with Gasteiger partial charge in [0.1, 0.15) is 19.8 Å². The number of carbonyl (C=O) groups excluding carboxylic acids is 1. The molecule has 2 aromatic heterocycles. The average molecular weight is 396 g/mol. The number of hydrogen-bond acceptors (Lipinski definition) is 6. The molecule has 1 aliphatic rings. The van der Waals surface area contributed by atoms with E-state index < -0.39 is 0 Å². The van der Waals surface area contributed by atoms with Crippen molar-refractivity contribution in [3.05, 3.63) is 59.2 Å². The zero-order valence-electron chi connectivity index (χ0n) is 16.8. The van der Waals surface area contributed by atoms with E-state index in [0.29, 0.717) is 32.1 Å². The first kappa shape index (κ1) is 19.0. The third-order valence-electron chi connectivity index (χ3n) is 4.89. The van der Waals surface area contributed by atoms with Crippen LogP contribution in [0.4, 0.5) is 0 Å². The van der Waals surface area contributed by atoms with Gasteiger partial charge in [0.05, 0.1) is 6.20 Å². The third kappa shape index (κ3) is 4.26. The Balaban J connectivity index is 1.38. The van der Waals surface area contributed by atoms with E-state index in [0.717, 1.165) is 22.6 Å². The maximum absolute atomic E-state index is 12.5. The van der Waals surface area contributed by atoms with Crippen molar-refractivity contribution in [2.75, 3.05) is 19.8 Å². The van der Waals surface area contributed by atoms with Crippen LogP contribution in [0.2, 0.25) is 0 Å². The standard InChI is InChI=1S/C21H24N4O4/c1-14-10-23-25(11-14)12-16-9-17(24-29-16)20(26)22-13-21(2,3)15-4-5-18-19(8-15)28-7-6-27-18/h4-5,8-11H,6-7,12-13H2,1-3H3,(H,22,26). The first-order valence-corrected chi connectivity index (χ1v) is 9.54. The highest BCUT2D eigenvalue weighted by molar-refractivity contribution is 5.92. The largest absolute Gasteiger partial charge is 0.486 e. The van der Waals surface area contributed by atoms with Crippen LogP contribution in [0, 0.1) is 6.92 Å². The van der Waals surface area contributed by atoms with Crippen molar-refractivity contribution in [1.82, 2.24) is 20.3 Å². The summed E-state index contributed by atoms with van der Waals surface area (Å²) in [5.41, 5.74) is 2.06. The van der Waals surface area contributed by atoms with Crippen molar-refractivity contribution in [1.29, 1.82) is 0 Å². The molecule has 0 atom stereocenters. The molecule has 152 valence electrons. The molecule has 1 aliphatic heterocycles. The molecule has 0 saturated carbocycles. The van der Waals surface area contributed by atoms with Crippen molar-refractivity contribution in [2.24, 2.45) is 0 Å². The molecule has 1 aromatic carbocycles. The molecule has 4 rings (SSSR count). The molecule has 29 heavy (non-hydrogen) atoms. The Kier molecular flexibility index (Phi) is 5.00. The van der Waals surface area contributed by atoms with Gasteiger partial charge in [0, 0.05) is 24.2 Å². The molecule has 8 heteroatoms. The van der Waals surface area contributed by atoms with E-state index in [1.165, 1.54) is 0 Å². The number of hydrogen-bond donors (Lipinski definition) is 1. The molecule has 8 nitrogen and oxygen atoms in total. The molecular formula is C21H24N4O4. The molecule has 0 saturated heterocycles. The fourth-order valence-corrected chi connectivity index (χ4v) is 3.17. The van der Waals surface area contributed by atoms with Crippen LogP contribution in [0.3, 0.4) is 0 Å². The maximum Gasteiger partial charge on any atom is 0.273 e. The van der Waals surface area contributed by atoms with Crippen molar-refractivity contribution in [2.45, 2.75) is 32.7 Å². The van der Waals surface area contributed by atoms with Crippen LogP contribution >= 0.6 is 0 Å². The van der Waals surface area contributed by atoms with E-state index in [1.807, 2.05) is 31.3 Å². The number of carbonyl (C=O) groups is 1. The van der Waals surface area contributed by atoms with E-state index in [1.54, 1.807) is 16.9 Å². The van der Waals surface area contributed by atoms with Gasteiger partial charge < -0.3 is 19.3 Å². The molecule has 0 spiro atoms. The van der Waals surface area contributed by atoms with E-state index >= 15 is 0 Å². The smallest absolute Gasteiger partial charge is 0.273 e. The van der Waals surface area contributed by atoms with Crippen LogP contribution < -0.4 is 14.8 Å². The predicted molar refractivity (Wildman–Crippen MR) is 105 cm³/mol. The molecule has 0 bridgehead atoms. The van der Waals surface area contributed by atoms with Crippen molar-refractivity contribution < 1.29 is 18.8 Å². The lowest BCUT2D eigenvalue weighted by Crippen LogP contribution is -2.36. The molecule has 3 heterocycles. The lowest BCUT2D eigenvalue weighted by atomic mass is 9.84. The molecule has 1 N–H and O–H groups in total. The highest BCUT2D eigenvalue weighted by atomic mass is 16.6. The molecule has 3 aromatic rings. The Morgan fingerprint density at radius 1 is 1.21 bits per heavy atom. The number of fused-ring (bicyclic) bond motifs is 1.